The van der Waals surface area contributed by atoms with Gasteiger partial charge in [-0.2, -0.15) is 0 Å². The lowest BCUT2D eigenvalue weighted by Gasteiger charge is -2.37. The highest BCUT2D eigenvalue weighted by molar-refractivity contribution is 6.35. The monoisotopic (exact) mass is 430 g/mol. The van der Waals surface area contributed by atoms with Gasteiger partial charge in [0.25, 0.3) is 5.91 Å². The van der Waals surface area contributed by atoms with Gasteiger partial charge in [-0.15, -0.1) is 0 Å². The third-order valence-electron chi connectivity index (χ3n) is 6.09. The van der Waals surface area contributed by atoms with E-state index in [-0.39, 0.29) is 18.2 Å². The standard InChI is InChI=1S/C22H20Cl2N2O3/c23-12-7-15-16(10-25(13-5-6-13)11-17(15)18(24)8-12)14-3-1-2-4-19(14)26-21(28)9-20(27)22(26)29/h1-4,7-8,13,16,20,27H,5-6,9-11H2/t16-,20-/m1/s1. The lowest BCUT2D eigenvalue weighted by molar-refractivity contribution is -0.124. The van der Waals surface area contributed by atoms with E-state index < -0.39 is 12.0 Å². The molecule has 5 rings (SSSR count). The van der Waals surface area contributed by atoms with Crippen LogP contribution in [0.25, 0.3) is 0 Å². The van der Waals surface area contributed by atoms with Crippen LogP contribution in [0, 0.1) is 0 Å². The SMILES string of the molecule is O=C1C[C@@H](O)C(=O)N1c1ccccc1[C@H]1CN(C2CC2)Cc2c(Cl)cc(Cl)cc21. The number of anilines is 1. The molecule has 0 aromatic heterocycles. The summed E-state index contributed by atoms with van der Waals surface area (Å²) < 4.78 is 0. The van der Waals surface area contributed by atoms with Crippen molar-refractivity contribution in [1.29, 1.82) is 0 Å². The van der Waals surface area contributed by atoms with Crippen molar-refractivity contribution >= 4 is 40.7 Å². The van der Waals surface area contributed by atoms with Crippen LogP contribution in [0.4, 0.5) is 5.69 Å². The van der Waals surface area contributed by atoms with Crippen LogP contribution in [-0.2, 0) is 16.1 Å². The Balaban J connectivity index is 1.65. The van der Waals surface area contributed by atoms with E-state index in [1.54, 1.807) is 18.2 Å². The Bertz CT molecular complexity index is 1020. The number of amides is 2. The molecule has 2 aromatic carbocycles. The van der Waals surface area contributed by atoms with Gasteiger partial charge in [-0.3, -0.25) is 14.5 Å². The zero-order valence-corrected chi connectivity index (χ0v) is 17.2. The number of halogens is 2. The number of benzene rings is 2. The Hall–Kier alpha value is -1.92. The van der Waals surface area contributed by atoms with Gasteiger partial charge in [-0.25, -0.2) is 4.90 Å². The number of hydrogen-bond acceptors (Lipinski definition) is 4. The fourth-order valence-electron chi connectivity index (χ4n) is 4.54. The summed E-state index contributed by atoms with van der Waals surface area (Å²) in [5.41, 5.74) is 3.48. The number of carbonyl (C=O) groups excluding carboxylic acids is 2. The molecular weight excluding hydrogens is 411 g/mol. The van der Waals surface area contributed by atoms with E-state index in [9.17, 15) is 14.7 Å². The number of aliphatic hydroxyl groups excluding tert-OH is 1. The van der Waals surface area contributed by atoms with Crippen molar-refractivity contribution in [2.45, 2.75) is 43.9 Å². The molecule has 0 unspecified atom stereocenters. The quantitative estimate of drug-likeness (QED) is 0.753. The summed E-state index contributed by atoms with van der Waals surface area (Å²) in [7, 11) is 0. The second kappa shape index (κ2) is 7.10. The fourth-order valence-corrected chi connectivity index (χ4v) is 5.11. The van der Waals surface area contributed by atoms with Gasteiger partial charge in [0.05, 0.1) is 12.1 Å². The van der Waals surface area contributed by atoms with Crippen LogP contribution in [0.15, 0.2) is 36.4 Å². The summed E-state index contributed by atoms with van der Waals surface area (Å²) >= 11 is 12.9. The first-order valence-electron chi connectivity index (χ1n) is 9.79. The molecule has 2 aromatic rings. The predicted molar refractivity (Wildman–Crippen MR) is 111 cm³/mol. The number of fused-ring (bicyclic) bond motifs is 1. The van der Waals surface area contributed by atoms with E-state index in [4.69, 9.17) is 23.2 Å². The van der Waals surface area contributed by atoms with Crippen LogP contribution in [0.3, 0.4) is 0 Å². The summed E-state index contributed by atoms with van der Waals surface area (Å²) in [6.07, 6.45) is 0.885. The molecule has 0 radical (unpaired) electrons. The number of nitrogens with zero attached hydrogens (tertiary/aromatic N) is 2. The Kier molecular flexibility index (Phi) is 4.67. The van der Waals surface area contributed by atoms with Gasteiger partial charge in [0.2, 0.25) is 5.91 Å². The van der Waals surface area contributed by atoms with Gasteiger partial charge in [-0.05, 0) is 47.7 Å². The molecule has 7 heteroatoms. The molecule has 2 fully saturated rings. The topological polar surface area (TPSA) is 60.9 Å². The zero-order chi connectivity index (χ0) is 20.3. The minimum absolute atomic E-state index is 0.0786. The highest BCUT2D eigenvalue weighted by atomic mass is 35.5. The maximum absolute atomic E-state index is 12.5. The predicted octanol–water partition coefficient (Wildman–Crippen LogP) is 3.73. The van der Waals surface area contributed by atoms with Crippen LogP contribution < -0.4 is 4.90 Å². The van der Waals surface area contributed by atoms with Crippen molar-refractivity contribution in [3.63, 3.8) is 0 Å². The average molecular weight is 431 g/mol. The first kappa shape index (κ1) is 19.1. The minimum atomic E-state index is -1.28. The van der Waals surface area contributed by atoms with E-state index in [0.29, 0.717) is 21.8 Å². The number of hydrogen-bond donors (Lipinski definition) is 1. The first-order chi connectivity index (χ1) is 13.9. The molecule has 150 valence electrons. The van der Waals surface area contributed by atoms with Crippen LogP contribution in [0.2, 0.25) is 10.0 Å². The number of aliphatic hydroxyl groups is 1. The van der Waals surface area contributed by atoms with Crippen molar-refractivity contribution in [3.8, 4) is 0 Å². The maximum Gasteiger partial charge on any atom is 0.263 e. The van der Waals surface area contributed by atoms with E-state index in [0.717, 1.165) is 34.7 Å². The van der Waals surface area contributed by atoms with Gasteiger partial charge < -0.3 is 5.11 Å². The van der Waals surface area contributed by atoms with Crippen LogP contribution in [0.1, 0.15) is 41.9 Å². The van der Waals surface area contributed by atoms with Gasteiger partial charge in [0.1, 0.15) is 6.10 Å². The molecule has 0 spiro atoms. The molecule has 2 aliphatic heterocycles. The molecule has 2 atom stereocenters. The van der Waals surface area contributed by atoms with Crippen molar-refractivity contribution in [3.05, 3.63) is 63.1 Å². The number of carbonyl (C=O) groups is 2. The second-order valence-electron chi connectivity index (χ2n) is 8.01. The maximum atomic E-state index is 12.5. The van der Waals surface area contributed by atoms with E-state index in [1.165, 1.54) is 12.8 Å². The highest BCUT2D eigenvalue weighted by Crippen LogP contribution is 2.44. The Labute approximate surface area is 178 Å². The van der Waals surface area contributed by atoms with E-state index in [2.05, 4.69) is 4.90 Å². The second-order valence-corrected chi connectivity index (χ2v) is 8.86. The van der Waals surface area contributed by atoms with Crippen molar-refractivity contribution < 1.29 is 14.7 Å². The lowest BCUT2D eigenvalue weighted by Crippen LogP contribution is -2.37. The van der Waals surface area contributed by atoms with Gasteiger partial charge >= 0.3 is 0 Å². The molecule has 1 saturated carbocycles. The third kappa shape index (κ3) is 3.26. The van der Waals surface area contributed by atoms with Gasteiger partial charge in [0.15, 0.2) is 0 Å². The van der Waals surface area contributed by atoms with Crippen LogP contribution in [0.5, 0.6) is 0 Å². The average Bonchev–Trinajstić information content (AvgIpc) is 3.49. The van der Waals surface area contributed by atoms with Crippen molar-refractivity contribution in [2.24, 2.45) is 0 Å². The number of rotatable bonds is 3. The minimum Gasteiger partial charge on any atom is -0.383 e. The number of para-hydroxylation sites is 1. The van der Waals surface area contributed by atoms with E-state index in [1.807, 2.05) is 18.2 Å². The Morgan fingerprint density at radius 1 is 1.03 bits per heavy atom. The van der Waals surface area contributed by atoms with E-state index >= 15 is 0 Å². The van der Waals surface area contributed by atoms with Crippen LogP contribution in [-0.4, -0.2) is 40.5 Å². The van der Waals surface area contributed by atoms with Crippen molar-refractivity contribution in [1.82, 2.24) is 4.90 Å². The normalized spacial score (nSPS) is 24.9. The smallest absolute Gasteiger partial charge is 0.263 e. The number of imide groups is 1. The Morgan fingerprint density at radius 2 is 1.79 bits per heavy atom. The third-order valence-corrected chi connectivity index (χ3v) is 6.64. The molecule has 2 amide bonds. The summed E-state index contributed by atoms with van der Waals surface area (Å²) in [6, 6.07) is 11.7. The molecule has 1 N–H and O–H groups in total. The molecule has 29 heavy (non-hydrogen) atoms. The summed E-state index contributed by atoms with van der Waals surface area (Å²) in [4.78, 5) is 28.5. The molecule has 1 aliphatic carbocycles. The van der Waals surface area contributed by atoms with Crippen molar-refractivity contribution in [2.75, 3.05) is 11.4 Å². The molecule has 5 nitrogen and oxygen atoms in total. The molecule has 2 heterocycles. The lowest BCUT2D eigenvalue weighted by atomic mass is 9.83. The summed E-state index contributed by atoms with van der Waals surface area (Å²) in [6.45, 7) is 1.54. The highest BCUT2D eigenvalue weighted by Gasteiger charge is 2.42. The molecule has 0 bridgehead atoms. The zero-order valence-electron chi connectivity index (χ0n) is 15.6. The fraction of sp³-hybridized carbons (Fsp3) is 0.364. The first-order valence-corrected chi connectivity index (χ1v) is 10.5. The van der Waals surface area contributed by atoms with Crippen LogP contribution >= 0.6 is 23.2 Å². The largest absolute Gasteiger partial charge is 0.383 e. The molecular formula is C22H20Cl2N2O3. The summed E-state index contributed by atoms with van der Waals surface area (Å²) in [5.74, 6) is -1.03. The molecule has 1 saturated heterocycles. The summed E-state index contributed by atoms with van der Waals surface area (Å²) in [5, 5.41) is 11.1. The van der Waals surface area contributed by atoms with Gasteiger partial charge in [-0.1, -0.05) is 41.4 Å². The Morgan fingerprint density at radius 3 is 2.48 bits per heavy atom. The van der Waals surface area contributed by atoms with Gasteiger partial charge in [0, 0.05) is 35.1 Å². The molecule has 3 aliphatic rings.